The molecule has 0 aliphatic carbocycles. The maximum Gasteiger partial charge on any atom is 0.269 e. The molecule has 1 aliphatic heterocycles. The molecule has 0 bridgehead atoms. The molecular weight excluding hydrogens is 234 g/mol. The first-order valence-electron chi connectivity index (χ1n) is 5.85. The van der Waals surface area contributed by atoms with Crippen molar-refractivity contribution in [3.63, 3.8) is 0 Å². The number of hydrogen-bond donors (Lipinski definition) is 1. The summed E-state index contributed by atoms with van der Waals surface area (Å²) < 4.78 is 0. The van der Waals surface area contributed by atoms with Crippen molar-refractivity contribution in [1.29, 1.82) is 0 Å². The van der Waals surface area contributed by atoms with Crippen LogP contribution in [0.3, 0.4) is 0 Å². The van der Waals surface area contributed by atoms with Crippen LogP contribution in [-0.4, -0.2) is 28.3 Å². The molecule has 1 heterocycles. The van der Waals surface area contributed by atoms with Crippen LogP contribution in [0, 0.1) is 10.1 Å². The summed E-state index contributed by atoms with van der Waals surface area (Å²) in [5.41, 5.74) is 0.916. The highest BCUT2D eigenvalue weighted by Gasteiger charge is 2.35. The number of carbonyl (C=O) groups is 1. The number of likely N-dealkylation sites (N-methyl/N-ethyl adjacent to an activating group) is 1. The third kappa shape index (κ3) is 2.06. The largest absolute Gasteiger partial charge is 0.322 e. The maximum atomic E-state index is 11.9. The minimum atomic E-state index is -0.433. The van der Waals surface area contributed by atoms with E-state index in [-0.39, 0.29) is 23.8 Å². The molecule has 1 saturated heterocycles. The summed E-state index contributed by atoms with van der Waals surface area (Å²) in [5.74, 6) is 0.0563. The normalized spacial score (nSPS) is 23.4. The van der Waals surface area contributed by atoms with Gasteiger partial charge in [-0.1, -0.05) is 0 Å². The van der Waals surface area contributed by atoms with E-state index < -0.39 is 4.92 Å². The van der Waals surface area contributed by atoms with Crippen molar-refractivity contribution in [2.45, 2.75) is 26.1 Å². The third-order valence-electron chi connectivity index (χ3n) is 3.13. The average molecular weight is 249 g/mol. The summed E-state index contributed by atoms with van der Waals surface area (Å²) in [4.78, 5) is 23.7. The molecule has 0 aromatic heterocycles. The molecule has 0 saturated carbocycles. The van der Waals surface area contributed by atoms with Gasteiger partial charge in [-0.2, -0.15) is 0 Å². The van der Waals surface area contributed by atoms with Crippen LogP contribution in [0.15, 0.2) is 24.3 Å². The van der Waals surface area contributed by atoms with E-state index >= 15 is 0 Å². The molecule has 1 amide bonds. The number of non-ortho nitro benzene ring substituents is 1. The fraction of sp³-hybridized carbons (Fsp3) is 0.417. The number of benzene rings is 1. The molecule has 1 aliphatic rings. The molecule has 6 heteroatoms. The van der Waals surface area contributed by atoms with Gasteiger partial charge in [0.05, 0.1) is 11.0 Å². The van der Waals surface area contributed by atoms with Gasteiger partial charge in [0, 0.05) is 18.7 Å². The van der Waals surface area contributed by atoms with Crippen molar-refractivity contribution in [3.8, 4) is 0 Å². The molecule has 0 radical (unpaired) electrons. The Hall–Kier alpha value is -1.95. The molecule has 18 heavy (non-hydrogen) atoms. The molecule has 1 aromatic carbocycles. The molecule has 1 fully saturated rings. The van der Waals surface area contributed by atoms with Crippen LogP contribution in [0.5, 0.6) is 0 Å². The SMILES string of the molecule is CCN1C(=O)C(C)NC1c1ccc([N+](=O)[O-])cc1. The molecule has 0 spiro atoms. The lowest BCUT2D eigenvalue weighted by molar-refractivity contribution is -0.384. The van der Waals surface area contributed by atoms with Gasteiger partial charge < -0.3 is 4.90 Å². The highest BCUT2D eigenvalue weighted by molar-refractivity contribution is 5.84. The first kappa shape index (κ1) is 12.5. The number of nitrogens with zero attached hydrogens (tertiary/aromatic N) is 2. The van der Waals surface area contributed by atoms with Gasteiger partial charge in [-0.15, -0.1) is 0 Å². The summed E-state index contributed by atoms with van der Waals surface area (Å²) in [6.07, 6.45) is -0.196. The zero-order chi connectivity index (χ0) is 13.3. The van der Waals surface area contributed by atoms with E-state index in [0.717, 1.165) is 5.56 Å². The zero-order valence-electron chi connectivity index (χ0n) is 10.3. The molecular formula is C12H15N3O3. The third-order valence-corrected chi connectivity index (χ3v) is 3.13. The Balaban J connectivity index is 2.26. The van der Waals surface area contributed by atoms with Gasteiger partial charge in [0.25, 0.3) is 5.69 Å². The number of hydrogen-bond acceptors (Lipinski definition) is 4. The van der Waals surface area contributed by atoms with E-state index in [2.05, 4.69) is 5.32 Å². The zero-order valence-corrected chi connectivity index (χ0v) is 10.3. The number of amides is 1. The van der Waals surface area contributed by atoms with E-state index in [1.165, 1.54) is 12.1 Å². The molecule has 2 unspecified atom stereocenters. The van der Waals surface area contributed by atoms with Crippen molar-refractivity contribution in [1.82, 2.24) is 10.2 Å². The van der Waals surface area contributed by atoms with Gasteiger partial charge in [0.1, 0.15) is 6.17 Å². The van der Waals surface area contributed by atoms with Crippen LogP contribution in [0.1, 0.15) is 25.6 Å². The summed E-state index contributed by atoms with van der Waals surface area (Å²) in [6, 6.07) is 6.06. The molecule has 96 valence electrons. The van der Waals surface area contributed by atoms with Gasteiger partial charge in [0.2, 0.25) is 5.91 Å². The molecule has 6 nitrogen and oxygen atoms in total. The fourth-order valence-corrected chi connectivity index (χ4v) is 2.17. The van der Waals surface area contributed by atoms with Crippen LogP contribution in [-0.2, 0) is 4.79 Å². The van der Waals surface area contributed by atoms with Crippen molar-refractivity contribution in [2.24, 2.45) is 0 Å². The highest BCUT2D eigenvalue weighted by atomic mass is 16.6. The van der Waals surface area contributed by atoms with Crippen LogP contribution in [0.25, 0.3) is 0 Å². The number of nitro groups is 1. The van der Waals surface area contributed by atoms with E-state index in [1.807, 2.05) is 13.8 Å². The van der Waals surface area contributed by atoms with E-state index in [9.17, 15) is 14.9 Å². The Morgan fingerprint density at radius 1 is 1.39 bits per heavy atom. The number of nitro benzene ring substituents is 1. The Bertz CT molecular complexity index is 472. The van der Waals surface area contributed by atoms with Crippen LogP contribution < -0.4 is 5.32 Å². The predicted octanol–water partition coefficient (Wildman–Crippen LogP) is 1.43. The van der Waals surface area contributed by atoms with Crippen LogP contribution >= 0.6 is 0 Å². The number of carbonyl (C=O) groups excluding carboxylic acids is 1. The van der Waals surface area contributed by atoms with Gasteiger partial charge in [0.15, 0.2) is 0 Å². The summed E-state index contributed by atoms with van der Waals surface area (Å²) in [7, 11) is 0. The Morgan fingerprint density at radius 2 is 2.00 bits per heavy atom. The minimum Gasteiger partial charge on any atom is -0.322 e. The van der Waals surface area contributed by atoms with Gasteiger partial charge >= 0.3 is 0 Å². The summed E-state index contributed by atoms with van der Waals surface area (Å²) in [5, 5.41) is 13.8. The number of rotatable bonds is 3. The number of nitrogens with one attached hydrogen (secondary N) is 1. The smallest absolute Gasteiger partial charge is 0.269 e. The minimum absolute atomic E-state index is 0.0548. The van der Waals surface area contributed by atoms with Crippen molar-refractivity contribution >= 4 is 11.6 Å². The van der Waals surface area contributed by atoms with Gasteiger partial charge in [-0.05, 0) is 31.5 Å². The van der Waals surface area contributed by atoms with Crippen molar-refractivity contribution in [3.05, 3.63) is 39.9 Å². The lowest BCUT2D eigenvalue weighted by Gasteiger charge is -2.22. The Morgan fingerprint density at radius 3 is 2.50 bits per heavy atom. The van der Waals surface area contributed by atoms with Crippen LogP contribution in [0.4, 0.5) is 5.69 Å². The van der Waals surface area contributed by atoms with E-state index in [4.69, 9.17) is 0 Å². The fourth-order valence-electron chi connectivity index (χ4n) is 2.17. The Labute approximate surface area is 105 Å². The van der Waals surface area contributed by atoms with Gasteiger partial charge in [-0.25, -0.2) is 0 Å². The topological polar surface area (TPSA) is 75.5 Å². The molecule has 2 atom stereocenters. The second kappa shape index (κ2) is 4.73. The maximum absolute atomic E-state index is 11.9. The lowest BCUT2D eigenvalue weighted by atomic mass is 10.1. The lowest BCUT2D eigenvalue weighted by Crippen LogP contribution is -2.30. The second-order valence-corrected chi connectivity index (χ2v) is 4.26. The monoisotopic (exact) mass is 249 g/mol. The van der Waals surface area contributed by atoms with Crippen molar-refractivity contribution < 1.29 is 9.72 Å². The quantitative estimate of drug-likeness (QED) is 0.649. The predicted molar refractivity (Wildman–Crippen MR) is 65.8 cm³/mol. The van der Waals surface area contributed by atoms with Crippen LogP contribution in [0.2, 0.25) is 0 Å². The molecule has 1 aromatic rings. The first-order chi connectivity index (χ1) is 8.54. The molecule has 2 rings (SSSR count). The average Bonchev–Trinajstić information content (AvgIpc) is 2.65. The van der Waals surface area contributed by atoms with E-state index in [0.29, 0.717) is 6.54 Å². The van der Waals surface area contributed by atoms with E-state index in [1.54, 1.807) is 17.0 Å². The van der Waals surface area contributed by atoms with Gasteiger partial charge in [-0.3, -0.25) is 20.2 Å². The first-order valence-corrected chi connectivity index (χ1v) is 5.85. The second-order valence-electron chi connectivity index (χ2n) is 4.26. The Kier molecular flexibility index (Phi) is 3.29. The summed E-state index contributed by atoms with van der Waals surface area (Å²) >= 11 is 0. The standard InChI is InChI=1S/C12H15N3O3/c1-3-14-11(13-8(2)12(14)16)9-4-6-10(7-5-9)15(17)18/h4-8,11,13H,3H2,1-2H3. The molecule has 1 N–H and O–H groups in total. The summed E-state index contributed by atoms with van der Waals surface area (Å²) in [6.45, 7) is 4.34. The van der Waals surface area contributed by atoms with Crippen molar-refractivity contribution in [2.75, 3.05) is 6.54 Å². The highest BCUT2D eigenvalue weighted by Crippen LogP contribution is 2.26.